The second-order valence-electron chi connectivity index (χ2n) is 5.67. The molecule has 0 aliphatic heterocycles. The Labute approximate surface area is 159 Å². The van der Waals surface area contributed by atoms with E-state index in [9.17, 15) is 0 Å². The van der Waals surface area contributed by atoms with Gasteiger partial charge < -0.3 is 17.0 Å². The fourth-order valence-corrected chi connectivity index (χ4v) is 2.58. The summed E-state index contributed by atoms with van der Waals surface area (Å²) in [5.74, 6) is 0. The molecule has 0 saturated carbocycles. The van der Waals surface area contributed by atoms with Gasteiger partial charge in [0.15, 0.2) is 0 Å². The minimum absolute atomic E-state index is 0. The molecule has 1 aliphatic carbocycles. The minimum atomic E-state index is 0. The first-order chi connectivity index (χ1) is 11.1. The van der Waals surface area contributed by atoms with Crippen molar-refractivity contribution in [3.63, 3.8) is 0 Å². The number of hydrogen-bond donors (Lipinski definition) is 0. The third-order valence-corrected chi connectivity index (χ3v) is 3.87. The summed E-state index contributed by atoms with van der Waals surface area (Å²) >= 11 is 0. The molecule has 126 valence electrons. The molecular weight excluding hydrogens is 472 g/mol. The molecule has 0 radical (unpaired) electrons. The van der Waals surface area contributed by atoms with Gasteiger partial charge in [-0.25, -0.2) is 6.72 Å². The first-order valence-electron chi connectivity index (χ1n) is 7.53. The van der Waals surface area contributed by atoms with Gasteiger partial charge in [0.25, 0.3) is 0 Å². The van der Waals surface area contributed by atoms with Crippen LogP contribution in [0.5, 0.6) is 0 Å². The topological polar surface area (TPSA) is 35.2 Å². The van der Waals surface area contributed by atoms with E-state index in [2.05, 4.69) is 88.1 Å². The van der Waals surface area contributed by atoms with E-state index < -0.39 is 0 Å². The molecule has 24 heavy (non-hydrogen) atoms. The van der Waals surface area contributed by atoms with E-state index in [1.54, 1.807) is 0 Å². The van der Waals surface area contributed by atoms with E-state index in [0.29, 0.717) is 0 Å². The van der Waals surface area contributed by atoms with Gasteiger partial charge in [-0.15, -0.1) is 34.9 Å². The number of pyridine rings is 1. The van der Waals surface area contributed by atoms with E-state index in [0.717, 1.165) is 17.7 Å². The third-order valence-electron chi connectivity index (χ3n) is 3.87. The van der Waals surface area contributed by atoms with Crippen molar-refractivity contribution in [2.75, 3.05) is 0 Å². The molecule has 0 saturated heterocycles. The van der Waals surface area contributed by atoms with Crippen LogP contribution in [0.1, 0.15) is 37.5 Å². The van der Waals surface area contributed by atoms with Crippen LogP contribution in [0.25, 0.3) is 22.7 Å². The fraction of sp³-hybridized carbons (Fsp3) is 0.238. The van der Waals surface area contributed by atoms with Crippen LogP contribution in [-0.2, 0) is 31.9 Å². The first-order valence-corrected chi connectivity index (χ1v) is 7.53. The molecule has 0 bridgehead atoms. The average Bonchev–Trinajstić information content (AvgIpc) is 2.93. The number of fused-ring (bicyclic) bond motifs is 1. The molecule has 1 aromatic carbocycles. The monoisotopic (exact) mass is 496 g/mol. The van der Waals surface area contributed by atoms with Crippen molar-refractivity contribution in [3.8, 4) is 11.3 Å². The molecular formula is C21H23IrN2. The maximum absolute atomic E-state index is 6.75. The number of hydrogen-bond acceptors (Lipinski definition) is 1. The average molecular weight is 496 g/mol. The van der Waals surface area contributed by atoms with Gasteiger partial charge in [0.05, 0.1) is 0 Å². The summed E-state index contributed by atoms with van der Waals surface area (Å²) in [4.78, 5) is 4.46. The molecule has 0 N–H and O–H groups in total. The maximum atomic E-state index is 6.75. The predicted octanol–water partition coefficient (Wildman–Crippen LogP) is 5.27. The third kappa shape index (κ3) is 4.83. The number of aromatic nitrogens is 1. The number of rotatable bonds is 2. The van der Waals surface area contributed by atoms with Crippen LogP contribution in [0.15, 0.2) is 43.1 Å². The van der Waals surface area contributed by atoms with Gasteiger partial charge in [0.1, 0.15) is 0 Å². The molecule has 0 atom stereocenters. The zero-order valence-corrected chi connectivity index (χ0v) is 16.9. The Bertz CT molecular complexity index is 688. The van der Waals surface area contributed by atoms with Crippen molar-refractivity contribution >= 4 is 12.8 Å². The molecule has 3 rings (SSSR count). The van der Waals surface area contributed by atoms with Gasteiger partial charge in [-0.1, -0.05) is 44.6 Å². The molecule has 0 amide bonds. The molecule has 2 aromatic rings. The maximum Gasteiger partial charge on any atom is 3.00 e. The molecule has 2 nitrogen and oxygen atoms in total. The van der Waals surface area contributed by atoms with Gasteiger partial charge >= 0.3 is 20.1 Å². The van der Waals surface area contributed by atoms with E-state index in [4.69, 9.17) is 5.41 Å². The van der Waals surface area contributed by atoms with E-state index in [1.165, 1.54) is 16.7 Å². The van der Waals surface area contributed by atoms with Crippen LogP contribution in [0.3, 0.4) is 0 Å². The number of benzene rings is 1. The standard InChI is InChI=1S/C18H18N.C2H3.CH2N.Ir/c1-4-13-8-10-19-17(11-13)15-5-6-16-14(12-15)7-9-18(16,2)3;2*1-2;/h6-12H,4H2,1-3H3;1H,2H2;1H2;/q3*-1;+3. The zero-order valence-electron chi connectivity index (χ0n) is 14.5. The van der Waals surface area contributed by atoms with Crippen LogP contribution >= 0.6 is 0 Å². The minimum Gasteiger partial charge on any atom is -0.817 e. The van der Waals surface area contributed by atoms with Crippen molar-refractivity contribution in [2.45, 2.75) is 32.6 Å². The number of aryl methyl sites for hydroxylation is 1. The largest absolute Gasteiger partial charge is 3.00 e. The smallest absolute Gasteiger partial charge is 0.817 e. The van der Waals surface area contributed by atoms with Gasteiger partial charge in [0, 0.05) is 6.20 Å². The Morgan fingerprint density at radius 3 is 2.54 bits per heavy atom. The van der Waals surface area contributed by atoms with Crippen molar-refractivity contribution in [3.05, 3.63) is 77.9 Å². The Kier molecular flexibility index (Phi) is 9.35. The SMILES string of the molecule is C=[N-].CCc1ccnc(-c2[c-]cc3c(c2)C=CC3(C)C)c1.[CH-]=C.[Ir+3]. The van der Waals surface area contributed by atoms with Crippen LogP contribution < -0.4 is 0 Å². The summed E-state index contributed by atoms with van der Waals surface area (Å²) in [6.45, 7) is 15.9. The van der Waals surface area contributed by atoms with E-state index >= 15 is 0 Å². The first kappa shape index (κ1) is 22.2. The fourth-order valence-electron chi connectivity index (χ4n) is 2.58. The second kappa shape index (κ2) is 10.1. The Balaban J connectivity index is 0.000000987. The summed E-state index contributed by atoms with van der Waals surface area (Å²) < 4.78 is 0. The normalized spacial score (nSPS) is 12.6. The molecule has 3 heteroatoms. The van der Waals surface area contributed by atoms with Crippen molar-refractivity contribution in [1.29, 1.82) is 0 Å². The van der Waals surface area contributed by atoms with E-state index in [1.807, 2.05) is 6.20 Å². The van der Waals surface area contributed by atoms with Gasteiger partial charge in [-0.3, -0.25) is 6.58 Å². The quantitative estimate of drug-likeness (QED) is 0.413. The summed E-state index contributed by atoms with van der Waals surface area (Å²) in [5, 5.41) is 6.75. The Morgan fingerprint density at radius 2 is 1.92 bits per heavy atom. The Morgan fingerprint density at radius 1 is 1.25 bits per heavy atom. The number of allylic oxidation sites excluding steroid dienone is 1. The molecule has 1 aromatic heterocycles. The van der Waals surface area contributed by atoms with Gasteiger partial charge in [0.2, 0.25) is 0 Å². The van der Waals surface area contributed by atoms with Crippen molar-refractivity contribution < 1.29 is 20.1 Å². The zero-order chi connectivity index (χ0) is 17.5. The summed E-state index contributed by atoms with van der Waals surface area (Å²) in [6, 6.07) is 11.9. The number of nitrogens with zero attached hydrogens (tertiary/aromatic N) is 2. The van der Waals surface area contributed by atoms with Gasteiger partial charge in [-0.2, -0.15) is 0 Å². The van der Waals surface area contributed by atoms with Crippen molar-refractivity contribution in [1.82, 2.24) is 4.98 Å². The van der Waals surface area contributed by atoms with E-state index in [-0.39, 0.29) is 25.5 Å². The molecule has 0 fully saturated rings. The predicted molar refractivity (Wildman–Crippen MR) is 100 cm³/mol. The summed E-state index contributed by atoms with van der Waals surface area (Å²) in [5.41, 5.74) is 6.18. The van der Waals surface area contributed by atoms with Crippen LogP contribution in [0, 0.1) is 12.6 Å². The molecule has 1 heterocycles. The molecule has 1 aliphatic rings. The van der Waals surface area contributed by atoms with Gasteiger partial charge in [-0.05, 0) is 23.6 Å². The molecule has 0 spiro atoms. The molecule has 0 unspecified atom stereocenters. The summed E-state index contributed by atoms with van der Waals surface area (Å²) in [7, 11) is 0. The van der Waals surface area contributed by atoms with Crippen LogP contribution in [-0.4, -0.2) is 11.7 Å². The Hall–Kier alpha value is -1.83. The second-order valence-corrected chi connectivity index (χ2v) is 5.67. The van der Waals surface area contributed by atoms with Crippen LogP contribution in [0.2, 0.25) is 0 Å². The summed E-state index contributed by atoms with van der Waals surface area (Å²) in [6.07, 6.45) is 7.38. The van der Waals surface area contributed by atoms with Crippen molar-refractivity contribution in [2.24, 2.45) is 0 Å². The van der Waals surface area contributed by atoms with Crippen LogP contribution in [0.4, 0.5) is 0 Å².